The standard InChI is InChI=1S/C18H25N3O3/c1-24-18-15(9-6-10-19-18)17(23)20-13-11-16(22)21(12-13)14-7-4-2-3-5-8-14/h6,9-10,13-14H,2-5,7-8,11-12H2,1H3,(H,20,23). The summed E-state index contributed by atoms with van der Waals surface area (Å²) in [6.45, 7) is 0.609. The largest absolute Gasteiger partial charge is 0.480 e. The number of carbonyl (C=O) groups is 2. The minimum Gasteiger partial charge on any atom is -0.480 e. The molecule has 1 N–H and O–H groups in total. The van der Waals surface area contributed by atoms with E-state index in [1.54, 1.807) is 18.3 Å². The Labute approximate surface area is 142 Å². The quantitative estimate of drug-likeness (QED) is 0.858. The Bertz CT molecular complexity index is 597. The highest BCUT2D eigenvalue weighted by atomic mass is 16.5. The lowest BCUT2D eigenvalue weighted by Crippen LogP contribution is -2.40. The highest BCUT2D eigenvalue weighted by molar-refractivity contribution is 5.97. The van der Waals surface area contributed by atoms with Crippen molar-refractivity contribution in [2.24, 2.45) is 0 Å². The third kappa shape index (κ3) is 3.68. The summed E-state index contributed by atoms with van der Waals surface area (Å²) in [7, 11) is 1.49. The zero-order chi connectivity index (χ0) is 16.9. The van der Waals surface area contributed by atoms with Crippen LogP contribution in [0, 0.1) is 0 Å². The molecule has 1 aliphatic carbocycles. The Balaban J connectivity index is 1.62. The first-order valence-corrected chi connectivity index (χ1v) is 8.78. The van der Waals surface area contributed by atoms with E-state index in [1.807, 2.05) is 4.90 Å². The number of likely N-dealkylation sites (tertiary alicyclic amines) is 1. The van der Waals surface area contributed by atoms with Crippen molar-refractivity contribution >= 4 is 11.8 Å². The maximum Gasteiger partial charge on any atom is 0.257 e. The van der Waals surface area contributed by atoms with Crippen molar-refractivity contribution in [2.75, 3.05) is 13.7 Å². The van der Waals surface area contributed by atoms with Crippen molar-refractivity contribution in [1.82, 2.24) is 15.2 Å². The van der Waals surface area contributed by atoms with E-state index in [2.05, 4.69) is 10.3 Å². The third-order valence-electron chi connectivity index (χ3n) is 4.97. The van der Waals surface area contributed by atoms with Crippen LogP contribution in [-0.4, -0.2) is 47.4 Å². The van der Waals surface area contributed by atoms with Gasteiger partial charge in [-0.3, -0.25) is 9.59 Å². The van der Waals surface area contributed by atoms with E-state index in [4.69, 9.17) is 4.74 Å². The molecule has 2 aliphatic rings. The number of aromatic nitrogens is 1. The van der Waals surface area contributed by atoms with Crippen LogP contribution in [-0.2, 0) is 4.79 Å². The molecule has 0 bridgehead atoms. The van der Waals surface area contributed by atoms with Crippen LogP contribution in [0.25, 0.3) is 0 Å². The molecule has 1 aromatic rings. The maximum absolute atomic E-state index is 12.5. The molecule has 130 valence electrons. The molecular formula is C18H25N3O3. The summed E-state index contributed by atoms with van der Waals surface area (Å²) in [5.41, 5.74) is 0.403. The van der Waals surface area contributed by atoms with Crippen molar-refractivity contribution < 1.29 is 14.3 Å². The van der Waals surface area contributed by atoms with Gasteiger partial charge in [0.05, 0.1) is 13.2 Å². The zero-order valence-corrected chi connectivity index (χ0v) is 14.2. The lowest BCUT2D eigenvalue weighted by Gasteiger charge is -2.27. The van der Waals surface area contributed by atoms with Crippen molar-refractivity contribution in [3.63, 3.8) is 0 Å². The molecule has 1 saturated heterocycles. The van der Waals surface area contributed by atoms with Crippen molar-refractivity contribution in [2.45, 2.75) is 57.0 Å². The van der Waals surface area contributed by atoms with Crippen LogP contribution >= 0.6 is 0 Å². The number of amides is 2. The van der Waals surface area contributed by atoms with E-state index in [1.165, 1.54) is 32.8 Å². The van der Waals surface area contributed by atoms with Crippen molar-refractivity contribution in [3.05, 3.63) is 23.9 Å². The van der Waals surface area contributed by atoms with Gasteiger partial charge in [-0.15, -0.1) is 0 Å². The first-order valence-electron chi connectivity index (χ1n) is 8.78. The highest BCUT2D eigenvalue weighted by Crippen LogP contribution is 2.26. The van der Waals surface area contributed by atoms with Crippen LogP contribution in [0.3, 0.4) is 0 Å². The molecule has 1 unspecified atom stereocenters. The van der Waals surface area contributed by atoms with Gasteiger partial charge in [0.2, 0.25) is 11.8 Å². The van der Waals surface area contributed by atoms with Gasteiger partial charge in [-0.2, -0.15) is 0 Å². The van der Waals surface area contributed by atoms with Crippen molar-refractivity contribution in [3.8, 4) is 5.88 Å². The molecular weight excluding hydrogens is 306 g/mol. The summed E-state index contributed by atoms with van der Waals surface area (Å²) in [6.07, 6.45) is 9.05. The first-order chi connectivity index (χ1) is 11.7. The van der Waals surface area contributed by atoms with Gasteiger partial charge in [0.15, 0.2) is 0 Å². The predicted molar refractivity (Wildman–Crippen MR) is 89.9 cm³/mol. The van der Waals surface area contributed by atoms with Gasteiger partial charge in [0, 0.05) is 25.2 Å². The Hall–Kier alpha value is -2.11. The number of hydrogen-bond acceptors (Lipinski definition) is 4. The lowest BCUT2D eigenvalue weighted by atomic mass is 10.1. The summed E-state index contributed by atoms with van der Waals surface area (Å²) in [4.78, 5) is 30.9. The monoisotopic (exact) mass is 331 g/mol. The van der Waals surface area contributed by atoms with Crippen LogP contribution in [0.15, 0.2) is 18.3 Å². The Morgan fingerprint density at radius 2 is 2.04 bits per heavy atom. The van der Waals surface area contributed by atoms with Gasteiger partial charge in [-0.1, -0.05) is 25.7 Å². The molecule has 1 aromatic heterocycles. The zero-order valence-electron chi connectivity index (χ0n) is 14.2. The van der Waals surface area contributed by atoms with E-state index in [0.29, 0.717) is 30.5 Å². The molecule has 2 heterocycles. The van der Waals surface area contributed by atoms with Crippen LogP contribution in [0.2, 0.25) is 0 Å². The molecule has 6 nitrogen and oxygen atoms in total. The van der Waals surface area contributed by atoms with Gasteiger partial charge in [0.1, 0.15) is 5.56 Å². The molecule has 1 saturated carbocycles. The fourth-order valence-electron chi connectivity index (χ4n) is 3.74. The number of carbonyl (C=O) groups excluding carboxylic acids is 2. The molecule has 0 aromatic carbocycles. The van der Waals surface area contributed by atoms with E-state index >= 15 is 0 Å². The molecule has 1 atom stereocenters. The average Bonchev–Trinajstić information content (AvgIpc) is 2.79. The van der Waals surface area contributed by atoms with Gasteiger partial charge >= 0.3 is 0 Å². The second kappa shape index (κ2) is 7.64. The van der Waals surface area contributed by atoms with Crippen LogP contribution in [0.5, 0.6) is 5.88 Å². The average molecular weight is 331 g/mol. The molecule has 3 rings (SSSR count). The Kier molecular flexibility index (Phi) is 5.33. The van der Waals surface area contributed by atoms with Gasteiger partial charge in [-0.05, 0) is 25.0 Å². The first kappa shape index (κ1) is 16.7. The summed E-state index contributed by atoms with van der Waals surface area (Å²) < 4.78 is 5.13. The molecule has 0 radical (unpaired) electrons. The molecule has 2 fully saturated rings. The number of ether oxygens (including phenoxy) is 1. The normalized spacial score (nSPS) is 22.3. The summed E-state index contributed by atoms with van der Waals surface area (Å²) >= 11 is 0. The fraction of sp³-hybridized carbons (Fsp3) is 0.611. The lowest BCUT2D eigenvalue weighted by molar-refractivity contribution is -0.129. The summed E-state index contributed by atoms with van der Waals surface area (Å²) in [5, 5.41) is 2.96. The van der Waals surface area contributed by atoms with Gasteiger partial charge in [-0.25, -0.2) is 4.98 Å². The SMILES string of the molecule is COc1ncccc1C(=O)NC1CC(=O)N(C2CCCCCC2)C1. The number of rotatable bonds is 4. The minimum absolute atomic E-state index is 0.141. The van der Waals surface area contributed by atoms with Crippen molar-refractivity contribution in [1.29, 1.82) is 0 Å². The molecule has 24 heavy (non-hydrogen) atoms. The van der Waals surface area contributed by atoms with E-state index in [0.717, 1.165) is 12.8 Å². The summed E-state index contributed by atoms with van der Waals surface area (Å²) in [6, 6.07) is 3.59. The van der Waals surface area contributed by atoms with Crippen LogP contribution in [0.1, 0.15) is 55.3 Å². The second-order valence-electron chi connectivity index (χ2n) is 6.63. The van der Waals surface area contributed by atoms with E-state index in [-0.39, 0.29) is 17.9 Å². The Morgan fingerprint density at radius 3 is 2.75 bits per heavy atom. The smallest absolute Gasteiger partial charge is 0.257 e. The van der Waals surface area contributed by atoms with Crippen LogP contribution < -0.4 is 10.1 Å². The number of hydrogen-bond donors (Lipinski definition) is 1. The van der Waals surface area contributed by atoms with E-state index < -0.39 is 0 Å². The van der Waals surface area contributed by atoms with E-state index in [9.17, 15) is 9.59 Å². The minimum atomic E-state index is -0.236. The number of nitrogens with one attached hydrogen (secondary N) is 1. The van der Waals surface area contributed by atoms with Gasteiger partial charge < -0.3 is 15.0 Å². The maximum atomic E-state index is 12.5. The fourth-order valence-corrected chi connectivity index (χ4v) is 3.74. The molecule has 1 aliphatic heterocycles. The number of pyridine rings is 1. The topological polar surface area (TPSA) is 71.5 Å². The predicted octanol–water partition coefficient (Wildman–Crippen LogP) is 2.14. The van der Waals surface area contributed by atoms with Gasteiger partial charge in [0.25, 0.3) is 5.91 Å². The molecule has 0 spiro atoms. The third-order valence-corrected chi connectivity index (χ3v) is 4.97. The highest BCUT2D eigenvalue weighted by Gasteiger charge is 2.35. The number of nitrogens with zero attached hydrogens (tertiary/aromatic N) is 2. The molecule has 6 heteroatoms. The molecule has 2 amide bonds. The Morgan fingerprint density at radius 1 is 1.29 bits per heavy atom. The second-order valence-corrected chi connectivity index (χ2v) is 6.63. The summed E-state index contributed by atoms with van der Waals surface area (Å²) in [5.74, 6) is 0.228. The number of methoxy groups -OCH3 is 1. The van der Waals surface area contributed by atoms with Crippen LogP contribution in [0.4, 0.5) is 0 Å².